The second-order valence-corrected chi connectivity index (χ2v) is 5.56. The normalized spacial score (nSPS) is 11.7. The number of pyridine rings is 1. The van der Waals surface area contributed by atoms with Crippen LogP contribution in [-0.4, -0.2) is 4.98 Å². The summed E-state index contributed by atoms with van der Waals surface area (Å²) in [6.45, 7) is 1.89. The predicted octanol–water partition coefficient (Wildman–Crippen LogP) is 4.47. The molecule has 0 saturated carbocycles. The van der Waals surface area contributed by atoms with E-state index in [9.17, 15) is 18.0 Å². The average molecular weight is 332 g/mol. The van der Waals surface area contributed by atoms with Crippen molar-refractivity contribution >= 4 is 16.6 Å². The number of nitrogens with one attached hydrogen (secondary N) is 2. The molecular formula is C18H15F3N2O. The lowest BCUT2D eigenvalue weighted by Crippen LogP contribution is -2.17. The van der Waals surface area contributed by atoms with Crippen molar-refractivity contribution in [3.8, 4) is 0 Å². The maximum Gasteiger partial charge on any atom is 0.418 e. The van der Waals surface area contributed by atoms with Gasteiger partial charge in [0.1, 0.15) is 0 Å². The number of halogens is 3. The highest BCUT2D eigenvalue weighted by Crippen LogP contribution is 2.34. The minimum atomic E-state index is -4.45. The molecule has 0 aliphatic rings. The number of alkyl halides is 3. The Balaban J connectivity index is 1.92. The van der Waals surface area contributed by atoms with E-state index in [0.717, 1.165) is 22.5 Å². The van der Waals surface area contributed by atoms with Gasteiger partial charge in [-0.2, -0.15) is 13.2 Å². The molecule has 3 rings (SSSR count). The summed E-state index contributed by atoms with van der Waals surface area (Å²) in [7, 11) is 0. The van der Waals surface area contributed by atoms with Gasteiger partial charge in [-0.3, -0.25) is 4.79 Å². The molecule has 6 heteroatoms. The van der Waals surface area contributed by atoms with E-state index < -0.39 is 11.7 Å². The molecule has 0 spiro atoms. The smallest absolute Gasteiger partial charge is 0.380 e. The molecule has 0 amide bonds. The van der Waals surface area contributed by atoms with Crippen molar-refractivity contribution in [3.05, 3.63) is 75.6 Å². The summed E-state index contributed by atoms with van der Waals surface area (Å²) in [5.74, 6) is 0. The second-order valence-electron chi connectivity index (χ2n) is 5.56. The maximum absolute atomic E-state index is 13.0. The van der Waals surface area contributed by atoms with Crippen LogP contribution in [0, 0.1) is 6.92 Å². The standard InChI is InChI=1S/C18H15F3N2O/c1-11-5-4-6-12-9-13(17(24)23-16(11)12)10-22-15-8-3-2-7-14(15)18(19,20)21/h2-9,22H,10H2,1H3,(H,23,24). The zero-order valence-electron chi connectivity index (χ0n) is 12.9. The first kappa shape index (κ1) is 16.1. The van der Waals surface area contributed by atoms with Gasteiger partial charge in [0, 0.05) is 17.8 Å². The molecule has 0 aliphatic carbocycles. The molecule has 2 N–H and O–H groups in total. The van der Waals surface area contributed by atoms with Gasteiger partial charge in [-0.15, -0.1) is 0 Å². The van der Waals surface area contributed by atoms with Crippen LogP contribution in [0.1, 0.15) is 16.7 Å². The fourth-order valence-corrected chi connectivity index (χ4v) is 2.63. The number of para-hydroxylation sites is 2. The molecule has 0 aliphatic heterocycles. The summed E-state index contributed by atoms with van der Waals surface area (Å²) in [4.78, 5) is 15.0. The van der Waals surface area contributed by atoms with Crippen LogP contribution in [0.3, 0.4) is 0 Å². The van der Waals surface area contributed by atoms with Crippen LogP contribution in [0.2, 0.25) is 0 Å². The molecule has 0 radical (unpaired) electrons. The Morgan fingerprint density at radius 2 is 1.83 bits per heavy atom. The highest BCUT2D eigenvalue weighted by atomic mass is 19.4. The highest BCUT2D eigenvalue weighted by molar-refractivity contribution is 5.82. The topological polar surface area (TPSA) is 44.9 Å². The second kappa shape index (κ2) is 6.03. The molecule has 1 aromatic heterocycles. The van der Waals surface area contributed by atoms with Crippen LogP contribution in [-0.2, 0) is 12.7 Å². The van der Waals surface area contributed by atoms with Crippen molar-refractivity contribution in [2.24, 2.45) is 0 Å². The van der Waals surface area contributed by atoms with Crippen LogP contribution < -0.4 is 10.9 Å². The first-order chi connectivity index (χ1) is 11.4. The van der Waals surface area contributed by atoms with Gasteiger partial charge < -0.3 is 10.3 Å². The van der Waals surface area contributed by atoms with E-state index in [2.05, 4.69) is 10.3 Å². The molecule has 2 aromatic carbocycles. The lowest BCUT2D eigenvalue weighted by Gasteiger charge is -2.14. The number of aromatic nitrogens is 1. The Morgan fingerprint density at radius 3 is 2.58 bits per heavy atom. The Bertz CT molecular complexity index is 945. The SMILES string of the molecule is Cc1cccc2cc(CNc3ccccc3C(F)(F)F)c(=O)[nH]c12. The molecule has 0 saturated heterocycles. The van der Waals surface area contributed by atoms with Crippen LogP contribution in [0.15, 0.2) is 53.3 Å². The third-order valence-corrected chi connectivity index (χ3v) is 3.87. The number of anilines is 1. The Labute approximate surface area is 136 Å². The first-order valence-corrected chi connectivity index (χ1v) is 7.38. The third-order valence-electron chi connectivity index (χ3n) is 3.87. The Morgan fingerprint density at radius 1 is 1.08 bits per heavy atom. The molecular weight excluding hydrogens is 317 g/mol. The molecule has 124 valence electrons. The molecule has 0 unspecified atom stereocenters. The molecule has 3 nitrogen and oxygen atoms in total. The van der Waals surface area contributed by atoms with E-state index in [1.165, 1.54) is 18.2 Å². The number of hydrogen-bond acceptors (Lipinski definition) is 2. The van der Waals surface area contributed by atoms with Gasteiger partial charge in [0.05, 0.1) is 11.1 Å². The number of H-pyrrole nitrogens is 1. The van der Waals surface area contributed by atoms with Crippen molar-refractivity contribution in [3.63, 3.8) is 0 Å². The monoisotopic (exact) mass is 332 g/mol. The molecule has 0 atom stereocenters. The number of fused-ring (bicyclic) bond motifs is 1. The van der Waals surface area contributed by atoms with Crippen molar-refractivity contribution < 1.29 is 13.2 Å². The zero-order valence-corrected chi connectivity index (χ0v) is 12.9. The molecule has 1 heterocycles. The molecule has 0 bridgehead atoms. The summed E-state index contributed by atoms with van der Waals surface area (Å²) in [6, 6.07) is 12.5. The van der Waals surface area contributed by atoms with E-state index >= 15 is 0 Å². The molecule has 3 aromatic rings. The fourth-order valence-electron chi connectivity index (χ4n) is 2.63. The van der Waals surface area contributed by atoms with Gasteiger partial charge in [-0.25, -0.2) is 0 Å². The average Bonchev–Trinajstić information content (AvgIpc) is 2.53. The third kappa shape index (κ3) is 3.13. The van der Waals surface area contributed by atoms with E-state index in [1.54, 1.807) is 6.07 Å². The number of aryl methyl sites for hydroxylation is 1. The van der Waals surface area contributed by atoms with Gasteiger partial charge in [-0.05, 0) is 36.1 Å². The minimum absolute atomic E-state index is 0.00626. The summed E-state index contributed by atoms with van der Waals surface area (Å²) in [5, 5.41) is 3.56. The van der Waals surface area contributed by atoms with Crippen LogP contribution in [0.4, 0.5) is 18.9 Å². The Hall–Kier alpha value is -2.76. The predicted molar refractivity (Wildman–Crippen MR) is 88.1 cm³/mol. The Kier molecular flexibility index (Phi) is 4.05. The number of rotatable bonds is 3. The van der Waals surface area contributed by atoms with Gasteiger partial charge in [0.15, 0.2) is 0 Å². The van der Waals surface area contributed by atoms with Gasteiger partial charge in [-0.1, -0.05) is 30.3 Å². The van der Waals surface area contributed by atoms with Crippen molar-refractivity contribution in [1.29, 1.82) is 0 Å². The quantitative estimate of drug-likeness (QED) is 0.743. The van der Waals surface area contributed by atoms with Gasteiger partial charge in [0.25, 0.3) is 5.56 Å². The molecule has 0 fully saturated rings. The van der Waals surface area contributed by atoms with E-state index in [0.29, 0.717) is 5.56 Å². The lowest BCUT2D eigenvalue weighted by molar-refractivity contribution is -0.136. The van der Waals surface area contributed by atoms with Gasteiger partial charge >= 0.3 is 6.18 Å². The first-order valence-electron chi connectivity index (χ1n) is 7.38. The lowest BCUT2D eigenvalue weighted by atomic mass is 10.1. The number of aromatic amines is 1. The highest BCUT2D eigenvalue weighted by Gasteiger charge is 2.33. The zero-order chi connectivity index (χ0) is 17.3. The number of hydrogen-bond donors (Lipinski definition) is 2. The summed E-state index contributed by atoms with van der Waals surface area (Å²) in [6.07, 6.45) is -4.45. The maximum atomic E-state index is 13.0. The van der Waals surface area contributed by atoms with Crippen LogP contribution in [0.5, 0.6) is 0 Å². The fraction of sp³-hybridized carbons (Fsp3) is 0.167. The summed E-state index contributed by atoms with van der Waals surface area (Å²) >= 11 is 0. The van der Waals surface area contributed by atoms with Crippen molar-refractivity contribution in [2.75, 3.05) is 5.32 Å². The van der Waals surface area contributed by atoms with E-state index in [1.807, 2.05) is 25.1 Å². The van der Waals surface area contributed by atoms with Gasteiger partial charge in [0.2, 0.25) is 0 Å². The minimum Gasteiger partial charge on any atom is -0.380 e. The van der Waals surface area contributed by atoms with E-state index in [-0.39, 0.29) is 17.8 Å². The largest absolute Gasteiger partial charge is 0.418 e. The van der Waals surface area contributed by atoms with Crippen molar-refractivity contribution in [2.45, 2.75) is 19.6 Å². The van der Waals surface area contributed by atoms with E-state index in [4.69, 9.17) is 0 Å². The van der Waals surface area contributed by atoms with Crippen LogP contribution in [0.25, 0.3) is 10.9 Å². The molecule has 24 heavy (non-hydrogen) atoms. The van der Waals surface area contributed by atoms with Crippen LogP contribution >= 0.6 is 0 Å². The number of benzene rings is 2. The van der Waals surface area contributed by atoms with Crippen molar-refractivity contribution in [1.82, 2.24) is 4.98 Å². The summed E-state index contributed by atoms with van der Waals surface area (Å²) in [5.41, 5.74) is 0.944. The summed E-state index contributed by atoms with van der Waals surface area (Å²) < 4.78 is 39.0.